The second-order valence-electron chi connectivity index (χ2n) is 2.97. The van der Waals surface area contributed by atoms with Crippen molar-refractivity contribution in [2.24, 2.45) is 0 Å². The van der Waals surface area contributed by atoms with Crippen molar-refractivity contribution in [1.82, 2.24) is 4.98 Å². The minimum absolute atomic E-state index is 0.115. The van der Waals surface area contributed by atoms with Gasteiger partial charge in [-0.3, -0.25) is 9.59 Å². The highest BCUT2D eigenvalue weighted by molar-refractivity contribution is 6.33. The Hall–Kier alpha value is -1.42. The number of carbonyl (C=O) groups is 2. The monoisotopic (exact) mass is 227 g/mol. The Morgan fingerprint density at radius 2 is 2.13 bits per heavy atom. The first-order chi connectivity index (χ1) is 7.04. The van der Waals surface area contributed by atoms with Crippen molar-refractivity contribution >= 4 is 23.4 Å². The maximum Gasteiger partial charge on any atom is 0.313 e. The summed E-state index contributed by atoms with van der Waals surface area (Å²) in [6, 6.07) is 3.21. The zero-order chi connectivity index (χ0) is 11.4. The summed E-state index contributed by atoms with van der Waals surface area (Å²) in [5, 5.41) is 0.115. The van der Waals surface area contributed by atoms with Crippen LogP contribution in [0.3, 0.4) is 0 Å². The van der Waals surface area contributed by atoms with Crippen LogP contribution in [0.15, 0.2) is 12.1 Å². The van der Waals surface area contributed by atoms with E-state index in [1.165, 1.54) is 7.11 Å². The standard InChI is InChI=1S/C10H10ClNO3/c1-6-3-4-7(10(11)12-6)8(13)5-9(14)15-2/h3-4H,5H2,1-2H3. The van der Waals surface area contributed by atoms with E-state index < -0.39 is 5.97 Å². The average molecular weight is 228 g/mol. The van der Waals surface area contributed by atoms with Gasteiger partial charge in [0.1, 0.15) is 11.6 Å². The van der Waals surface area contributed by atoms with Crippen molar-refractivity contribution in [3.63, 3.8) is 0 Å². The zero-order valence-corrected chi connectivity index (χ0v) is 9.17. The van der Waals surface area contributed by atoms with Crippen molar-refractivity contribution < 1.29 is 14.3 Å². The van der Waals surface area contributed by atoms with Gasteiger partial charge in [0.25, 0.3) is 0 Å². The van der Waals surface area contributed by atoms with Crippen LogP contribution in [-0.2, 0) is 9.53 Å². The lowest BCUT2D eigenvalue weighted by Crippen LogP contribution is -2.10. The summed E-state index contributed by atoms with van der Waals surface area (Å²) in [5.41, 5.74) is 0.960. The SMILES string of the molecule is COC(=O)CC(=O)c1ccc(C)nc1Cl. The lowest BCUT2D eigenvalue weighted by atomic mass is 10.1. The number of nitrogens with zero attached hydrogens (tertiary/aromatic N) is 1. The van der Waals surface area contributed by atoms with Gasteiger partial charge in [-0.05, 0) is 19.1 Å². The topological polar surface area (TPSA) is 56.3 Å². The Bertz CT molecular complexity index is 404. The number of pyridine rings is 1. The molecule has 0 bridgehead atoms. The van der Waals surface area contributed by atoms with Gasteiger partial charge in [0, 0.05) is 5.69 Å². The predicted octanol–water partition coefficient (Wildman–Crippen LogP) is 1.79. The zero-order valence-electron chi connectivity index (χ0n) is 8.41. The summed E-state index contributed by atoms with van der Waals surface area (Å²) in [5.74, 6) is -0.976. The van der Waals surface area contributed by atoms with Crippen molar-refractivity contribution in [2.45, 2.75) is 13.3 Å². The second-order valence-corrected chi connectivity index (χ2v) is 3.33. The number of hydrogen-bond donors (Lipinski definition) is 0. The molecule has 0 amide bonds. The number of Topliss-reactive ketones (excluding diaryl/α,β-unsaturated/α-hetero) is 1. The molecule has 0 radical (unpaired) electrons. The minimum Gasteiger partial charge on any atom is -0.469 e. The average Bonchev–Trinajstić information content (AvgIpc) is 2.17. The molecule has 0 aliphatic rings. The van der Waals surface area contributed by atoms with Crippen LogP contribution in [0.4, 0.5) is 0 Å². The highest BCUT2D eigenvalue weighted by Crippen LogP contribution is 2.15. The third-order valence-corrected chi connectivity index (χ3v) is 2.11. The quantitative estimate of drug-likeness (QED) is 0.342. The highest BCUT2D eigenvalue weighted by atomic mass is 35.5. The second kappa shape index (κ2) is 4.89. The molecular weight excluding hydrogens is 218 g/mol. The van der Waals surface area contributed by atoms with Crippen molar-refractivity contribution in [3.8, 4) is 0 Å². The molecule has 0 aromatic carbocycles. The molecule has 1 heterocycles. The Morgan fingerprint density at radius 3 is 2.67 bits per heavy atom. The van der Waals surface area contributed by atoms with Gasteiger partial charge in [-0.25, -0.2) is 4.98 Å². The van der Waals surface area contributed by atoms with Crippen molar-refractivity contribution in [3.05, 3.63) is 28.5 Å². The maximum atomic E-state index is 11.5. The largest absolute Gasteiger partial charge is 0.469 e. The molecule has 0 fully saturated rings. The number of hydrogen-bond acceptors (Lipinski definition) is 4. The maximum absolute atomic E-state index is 11.5. The van der Waals surface area contributed by atoms with Crippen molar-refractivity contribution in [2.75, 3.05) is 7.11 Å². The van der Waals surface area contributed by atoms with E-state index in [0.29, 0.717) is 0 Å². The number of rotatable bonds is 3. The molecule has 1 aromatic heterocycles. The van der Waals surface area contributed by atoms with Gasteiger partial charge < -0.3 is 4.74 Å². The van der Waals surface area contributed by atoms with E-state index >= 15 is 0 Å². The number of ketones is 1. The van der Waals surface area contributed by atoms with Crippen LogP contribution in [0.2, 0.25) is 5.15 Å². The smallest absolute Gasteiger partial charge is 0.313 e. The van der Waals surface area contributed by atoms with Crippen LogP contribution in [0.5, 0.6) is 0 Å². The normalized spacial score (nSPS) is 9.80. The number of aromatic nitrogens is 1. The van der Waals surface area contributed by atoms with E-state index in [-0.39, 0.29) is 22.9 Å². The van der Waals surface area contributed by atoms with Gasteiger partial charge in [0.15, 0.2) is 5.78 Å². The lowest BCUT2D eigenvalue weighted by molar-refractivity contribution is -0.139. The van der Waals surface area contributed by atoms with Gasteiger partial charge in [-0.1, -0.05) is 11.6 Å². The summed E-state index contributed by atoms with van der Waals surface area (Å²) in [6.45, 7) is 1.76. The first-order valence-electron chi connectivity index (χ1n) is 4.27. The van der Waals surface area contributed by atoms with E-state index in [4.69, 9.17) is 11.6 Å². The van der Waals surface area contributed by atoms with Crippen LogP contribution >= 0.6 is 11.6 Å². The van der Waals surface area contributed by atoms with E-state index in [1.54, 1.807) is 19.1 Å². The first kappa shape index (κ1) is 11.7. The molecule has 1 aromatic rings. The molecule has 0 saturated carbocycles. The molecule has 0 saturated heterocycles. The third-order valence-electron chi connectivity index (χ3n) is 1.82. The number of carbonyl (C=O) groups excluding carboxylic acids is 2. The summed E-state index contributed by atoms with van der Waals surface area (Å²) >= 11 is 5.77. The number of aryl methyl sites for hydroxylation is 1. The molecule has 5 heteroatoms. The van der Waals surface area contributed by atoms with Crippen molar-refractivity contribution in [1.29, 1.82) is 0 Å². The van der Waals surface area contributed by atoms with E-state index in [9.17, 15) is 9.59 Å². The van der Waals surface area contributed by atoms with Gasteiger partial charge >= 0.3 is 5.97 Å². The molecular formula is C10H10ClNO3. The van der Waals surface area contributed by atoms with Crippen LogP contribution in [-0.4, -0.2) is 23.8 Å². The number of ether oxygens (including phenoxy) is 1. The molecule has 80 valence electrons. The highest BCUT2D eigenvalue weighted by Gasteiger charge is 2.15. The molecule has 0 N–H and O–H groups in total. The Morgan fingerprint density at radius 1 is 1.47 bits per heavy atom. The molecule has 0 spiro atoms. The third kappa shape index (κ3) is 3.02. The number of methoxy groups -OCH3 is 1. The Kier molecular flexibility index (Phi) is 3.80. The number of esters is 1. The van der Waals surface area contributed by atoms with Crippen LogP contribution in [0.1, 0.15) is 22.5 Å². The molecule has 1 rings (SSSR count). The Labute approximate surface area is 92.2 Å². The molecule has 4 nitrogen and oxygen atoms in total. The van der Waals surface area contributed by atoms with E-state index in [2.05, 4.69) is 9.72 Å². The van der Waals surface area contributed by atoms with Gasteiger partial charge in [0.05, 0.1) is 12.7 Å². The fourth-order valence-corrected chi connectivity index (χ4v) is 1.33. The molecule has 0 atom stereocenters. The van der Waals surface area contributed by atoms with E-state index in [0.717, 1.165) is 5.69 Å². The van der Waals surface area contributed by atoms with Gasteiger partial charge in [0.2, 0.25) is 0 Å². The first-order valence-corrected chi connectivity index (χ1v) is 4.65. The Balaban J connectivity index is 2.87. The lowest BCUT2D eigenvalue weighted by Gasteiger charge is -2.02. The van der Waals surface area contributed by atoms with E-state index in [1.807, 2.05) is 0 Å². The van der Waals surface area contributed by atoms with Gasteiger partial charge in [-0.15, -0.1) is 0 Å². The minimum atomic E-state index is -0.586. The fraction of sp³-hybridized carbons (Fsp3) is 0.300. The van der Waals surface area contributed by atoms with Crippen LogP contribution in [0, 0.1) is 6.92 Å². The molecule has 0 unspecified atom stereocenters. The predicted molar refractivity (Wildman–Crippen MR) is 54.9 cm³/mol. The fourth-order valence-electron chi connectivity index (χ4n) is 1.03. The summed E-state index contributed by atoms with van der Waals surface area (Å²) in [6.07, 6.45) is -0.318. The summed E-state index contributed by atoms with van der Waals surface area (Å²) in [7, 11) is 1.23. The molecule has 0 aliphatic heterocycles. The van der Waals surface area contributed by atoms with Gasteiger partial charge in [-0.2, -0.15) is 0 Å². The van der Waals surface area contributed by atoms with Crippen LogP contribution in [0.25, 0.3) is 0 Å². The molecule has 0 aliphatic carbocycles. The molecule has 15 heavy (non-hydrogen) atoms. The summed E-state index contributed by atoms with van der Waals surface area (Å²) in [4.78, 5) is 26.3. The number of halogens is 1. The van der Waals surface area contributed by atoms with Crippen LogP contribution < -0.4 is 0 Å². The summed E-state index contributed by atoms with van der Waals surface area (Å²) < 4.78 is 4.38.